The first-order valence-corrected chi connectivity index (χ1v) is 12.0. The molecule has 0 aliphatic carbocycles. The highest BCUT2D eigenvalue weighted by Gasteiger charge is 2.28. The van der Waals surface area contributed by atoms with Crippen molar-refractivity contribution < 1.29 is 9.53 Å². The summed E-state index contributed by atoms with van der Waals surface area (Å²) in [5.74, 6) is 1.32. The Labute approximate surface area is 185 Å². The first kappa shape index (κ1) is 22.4. The second kappa shape index (κ2) is 10.7. The number of carbonyl (C=O) groups excluding carboxylic acids is 1. The molecule has 1 aromatic heterocycles. The van der Waals surface area contributed by atoms with Gasteiger partial charge >= 0.3 is 0 Å². The Hall–Kier alpha value is -1.77. The summed E-state index contributed by atoms with van der Waals surface area (Å²) in [7, 11) is 1.73. The molecule has 0 radical (unpaired) electrons. The number of methoxy groups -OCH3 is 1. The molecule has 31 heavy (non-hydrogen) atoms. The van der Waals surface area contributed by atoms with Gasteiger partial charge in [0.2, 0.25) is 5.91 Å². The molecule has 1 aromatic rings. The maximum atomic E-state index is 13.0. The van der Waals surface area contributed by atoms with Gasteiger partial charge in [-0.25, -0.2) is 4.98 Å². The van der Waals surface area contributed by atoms with Crippen LogP contribution in [0.25, 0.3) is 0 Å². The molecule has 8 nitrogen and oxygen atoms in total. The highest BCUT2D eigenvalue weighted by atomic mass is 16.5. The van der Waals surface area contributed by atoms with Crippen molar-refractivity contribution >= 4 is 5.91 Å². The number of aromatic nitrogens is 2. The number of piperazine rings is 1. The van der Waals surface area contributed by atoms with E-state index in [9.17, 15) is 9.59 Å². The third kappa shape index (κ3) is 5.73. The van der Waals surface area contributed by atoms with Gasteiger partial charge in [0, 0.05) is 77.9 Å². The van der Waals surface area contributed by atoms with Crippen LogP contribution < -0.4 is 5.56 Å². The van der Waals surface area contributed by atoms with Crippen molar-refractivity contribution in [2.24, 2.45) is 0 Å². The minimum absolute atomic E-state index is 0.0803. The summed E-state index contributed by atoms with van der Waals surface area (Å²) in [5.41, 5.74) is 0.971. The van der Waals surface area contributed by atoms with Crippen LogP contribution in [0.15, 0.2) is 10.9 Å². The molecule has 0 N–H and O–H groups in total. The van der Waals surface area contributed by atoms with Crippen LogP contribution in [0, 0.1) is 0 Å². The van der Waals surface area contributed by atoms with E-state index >= 15 is 0 Å². The number of hydrogen-bond acceptors (Lipinski definition) is 6. The molecular formula is C23H37N5O3. The van der Waals surface area contributed by atoms with E-state index in [2.05, 4.69) is 9.80 Å². The van der Waals surface area contributed by atoms with E-state index < -0.39 is 0 Å². The predicted molar refractivity (Wildman–Crippen MR) is 119 cm³/mol. The van der Waals surface area contributed by atoms with E-state index in [0.717, 1.165) is 102 Å². The summed E-state index contributed by atoms with van der Waals surface area (Å²) < 4.78 is 7.02. The molecule has 1 amide bonds. The Morgan fingerprint density at radius 3 is 2.68 bits per heavy atom. The van der Waals surface area contributed by atoms with Crippen LogP contribution in [0.4, 0.5) is 0 Å². The number of carbonyl (C=O) groups is 1. The SMILES string of the molecule is COCCN1CCN(CC(=O)N2CCC[C@@H](c3cc(=O)n4c(n3)CCCCC4)C2)CC1. The predicted octanol–water partition coefficient (Wildman–Crippen LogP) is 0.940. The zero-order valence-corrected chi connectivity index (χ0v) is 18.9. The van der Waals surface area contributed by atoms with Crippen molar-refractivity contribution in [3.05, 3.63) is 27.9 Å². The second-order valence-electron chi connectivity index (χ2n) is 9.19. The van der Waals surface area contributed by atoms with Gasteiger partial charge in [-0.2, -0.15) is 0 Å². The monoisotopic (exact) mass is 431 g/mol. The average molecular weight is 432 g/mol. The number of hydrogen-bond donors (Lipinski definition) is 0. The number of rotatable bonds is 6. The van der Waals surface area contributed by atoms with Crippen molar-refractivity contribution in [2.45, 2.75) is 51.0 Å². The molecule has 3 aliphatic rings. The summed E-state index contributed by atoms with van der Waals surface area (Å²) >= 11 is 0. The summed E-state index contributed by atoms with van der Waals surface area (Å²) in [4.78, 5) is 37.2. The van der Waals surface area contributed by atoms with Gasteiger partial charge in [0.05, 0.1) is 18.8 Å². The molecule has 2 saturated heterocycles. The van der Waals surface area contributed by atoms with Crippen LogP contribution >= 0.6 is 0 Å². The quantitative estimate of drug-likeness (QED) is 0.668. The van der Waals surface area contributed by atoms with Gasteiger partial charge in [0.1, 0.15) is 5.82 Å². The summed E-state index contributed by atoms with van der Waals surface area (Å²) in [5, 5.41) is 0. The fraction of sp³-hybridized carbons (Fsp3) is 0.783. The van der Waals surface area contributed by atoms with Crippen LogP contribution in [0.3, 0.4) is 0 Å². The highest BCUT2D eigenvalue weighted by molar-refractivity contribution is 5.78. The van der Waals surface area contributed by atoms with E-state index in [0.29, 0.717) is 13.1 Å². The smallest absolute Gasteiger partial charge is 0.253 e. The van der Waals surface area contributed by atoms with Crippen LogP contribution in [-0.4, -0.2) is 96.2 Å². The fourth-order valence-electron chi connectivity index (χ4n) is 5.07. The first-order valence-electron chi connectivity index (χ1n) is 12.0. The Morgan fingerprint density at radius 2 is 1.87 bits per heavy atom. The number of fused-ring (bicyclic) bond motifs is 1. The molecule has 1 atom stereocenters. The minimum atomic E-state index is 0.0803. The third-order valence-corrected chi connectivity index (χ3v) is 7.02. The van der Waals surface area contributed by atoms with Gasteiger partial charge in [-0.15, -0.1) is 0 Å². The summed E-state index contributed by atoms with van der Waals surface area (Å²) in [6.45, 7) is 8.32. The number of ether oxygens (including phenoxy) is 1. The zero-order valence-electron chi connectivity index (χ0n) is 18.9. The van der Waals surface area contributed by atoms with E-state index in [1.54, 1.807) is 13.2 Å². The van der Waals surface area contributed by atoms with Crippen molar-refractivity contribution in [3.63, 3.8) is 0 Å². The Kier molecular flexibility index (Phi) is 7.74. The molecule has 0 bridgehead atoms. The molecular weight excluding hydrogens is 394 g/mol. The Balaban J connectivity index is 1.33. The van der Waals surface area contributed by atoms with Gasteiger partial charge < -0.3 is 9.64 Å². The maximum Gasteiger partial charge on any atom is 0.253 e. The largest absolute Gasteiger partial charge is 0.383 e. The second-order valence-corrected chi connectivity index (χ2v) is 9.19. The minimum Gasteiger partial charge on any atom is -0.383 e. The molecule has 172 valence electrons. The van der Waals surface area contributed by atoms with Crippen molar-refractivity contribution in [3.8, 4) is 0 Å². The van der Waals surface area contributed by atoms with Crippen molar-refractivity contribution in [2.75, 3.05) is 66.1 Å². The Morgan fingerprint density at radius 1 is 1.06 bits per heavy atom. The molecule has 3 aliphatic heterocycles. The Bertz CT molecular complexity index is 803. The standard InChI is InChI=1S/C23H37N5O3/c1-31-15-14-25-10-12-26(13-11-25)18-23(30)27-8-5-6-19(17-27)20-16-22(29)28-9-4-2-3-7-21(28)24-20/h16,19H,2-15,17-18H2,1H3/t19-/m1/s1. The highest BCUT2D eigenvalue weighted by Crippen LogP contribution is 2.26. The molecule has 0 aromatic carbocycles. The number of amides is 1. The van der Waals surface area contributed by atoms with Gasteiger partial charge in [0.25, 0.3) is 5.56 Å². The molecule has 0 unspecified atom stereocenters. The lowest BCUT2D eigenvalue weighted by Crippen LogP contribution is -2.51. The summed E-state index contributed by atoms with van der Waals surface area (Å²) in [6.07, 6.45) is 6.17. The van der Waals surface area contributed by atoms with Crippen LogP contribution in [-0.2, 0) is 22.5 Å². The average Bonchev–Trinajstić information content (AvgIpc) is 3.05. The van der Waals surface area contributed by atoms with E-state index in [1.807, 2.05) is 9.47 Å². The van der Waals surface area contributed by atoms with Crippen LogP contribution in [0.2, 0.25) is 0 Å². The molecule has 0 spiro atoms. The molecule has 4 heterocycles. The first-order chi connectivity index (χ1) is 15.1. The topological polar surface area (TPSA) is 70.9 Å². The van der Waals surface area contributed by atoms with Crippen LogP contribution in [0.1, 0.15) is 49.5 Å². The maximum absolute atomic E-state index is 13.0. The summed E-state index contributed by atoms with van der Waals surface area (Å²) in [6, 6.07) is 1.73. The van der Waals surface area contributed by atoms with Crippen molar-refractivity contribution in [1.29, 1.82) is 0 Å². The number of aryl methyl sites for hydroxylation is 1. The molecule has 2 fully saturated rings. The van der Waals surface area contributed by atoms with E-state index in [-0.39, 0.29) is 17.4 Å². The van der Waals surface area contributed by atoms with E-state index in [1.165, 1.54) is 0 Å². The normalized spacial score (nSPS) is 23.4. The number of nitrogens with zero attached hydrogens (tertiary/aromatic N) is 5. The molecule has 0 saturated carbocycles. The molecule has 4 rings (SSSR count). The van der Waals surface area contributed by atoms with Crippen LogP contribution in [0.5, 0.6) is 0 Å². The number of likely N-dealkylation sites (tertiary alicyclic amines) is 1. The van der Waals surface area contributed by atoms with Gasteiger partial charge in [0.15, 0.2) is 0 Å². The van der Waals surface area contributed by atoms with E-state index in [4.69, 9.17) is 9.72 Å². The lowest BCUT2D eigenvalue weighted by atomic mass is 9.94. The lowest BCUT2D eigenvalue weighted by Gasteiger charge is -2.37. The van der Waals surface area contributed by atoms with Gasteiger partial charge in [-0.05, 0) is 25.7 Å². The van der Waals surface area contributed by atoms with Gasteiger partial charge in [-0.1, -0.05) is 6.42 Å². The number of piperidine rings is 1. The zero-order chi connectivity index (χ0) is 21.6. The molecule has 8 heteroatoms. The van der Waals surface area contributed by atoms with Gasteiger partial charge in [-0.3, -0.25) is 24.0 Å². The third-order valence-electron chi connectivity index (χ3n) is 7.02. The lowest BCUT2D eigenvalue weighted by molar-refractivity contribution is -0.134. The van der Waals surface area contributed by atoms with Crippen molar-refractivity contribution in [1.82, 2.24) is 24.3 Å². The fourth-order valence-corrected chi connectivity index (χ4v) is 5.07.